The zero-order valence-corrected chi connectivity index (χ0v) is 21.2. The first-order valence-corrected chi connectivity index (χ1v) is 12.5. The van der Waals surface area contributed by atoms with Crippen molar-refractivity contribution < 1.29 is 17.9 Å². The second-order valence-electron chi connectivity index (χ2n) is 7.96. The number of aryl methyl sites for hydroxylation is 1. The molecule has 34 heavy (non-hydrogen) atoms. The number of methoxy groups -OCH3 is 1. The van der Waals surface area contributed by atoms with E-state index in [9.17, 15) is 8.42 Å². The Morgan fingerprint density at radius 1 is 1.12 bits per heavy atom. The predicted octanol–water partition coefficient (Wildman–Crippen LogP) is 3.03. The SMILES string of the molecule is COCCn1c(NS(=O)(=O)[C@@H](C)[C@@H](OC(C)C)c2ncc(Cl)cn2)nnc1-c1cncc(C)c1. The standard InChI is InChI=1S/C21H28ClN7O4S/c1-13(2)33-18(19-24-11-17(22)12-25-19)15(4)34(30,31)28-21-27-26-20(29(21)6-7-32-5)16-8-14(3)9-23-10-16/h8-13,15,18H,6-7H2,1-5H3,(H,27,28)/t15-,18+/m0/s1. The van der Waals surface area contributed by atoms with E-state index in [-0.39, 0.29) is 17.9 Å². The van der Waals surface area contributed by atoms with Crippen LogP contribution in [0.1, 0.15) is 38.3 Å². The van der Waals surface area contributed by atoms with E-state index in [0.717, 1.165) is 5.56 Å². The van der Waals surface area contributed by atoms with Gasteiger partial charge in [-0.05, 0) is 39.3 Å². The third kappa shape index (κ3) is 6.26. The maximum atomic E-state index is 13.4. The molecule has 1 N–H and O–H groups in total. The topological polar surface area (TPSA) is 134 Å². The molecule has 0 saturated heterocycles. The molecule has 0 aliphatic heterocycles. The molecule has 3 aromatic rings. The fourth-order valence-corrected chi connectivity index (χ4v) is 4.39. The largest absolute Gasteiger partial charge is 0.383 e. The highest BCUT2D eigenvalue weighted by Gasteiger charge is 2.35. The third-order valence-electron chi connectivity index (χ3n) is 4.87. The molecule has 3 aromatic heterocycles. The molecule has 0 aliphatic carbocycles. The van der Waals surface area contributed by atoms with Gasteiger partial charge in [-0.1, -0.05) is 11.6 Å². The highest BCUT2D eigenvalue weighted by molar-refractivity contribution is 7.93. The number of hydrogen-bond acceptors (Lipinski definition) is 9. The van der Waals surface area contributed by atoms with Gasteiger partial charge in [-0.25, -0.2) is 18.4 Å². The van der Waals surface area contributed by atoms with Crippen molar-refractivity contribution in [3.05, 3.63) is 47.3 Å². The minimum absolute atomic E-state index is 0.0562. The molecule has 0 bridgehead atoms. The second kappa shape index (κ2) is 11.2. The number of ether oxygens (including phenoxy) is 2. The number of hydrogen-bond donors (Lipinski definition) is 1. The summed E-state index contributed by atoms with van der Waals surface area (Å²) in [6.45, 7) is 7.69. The quantitative estimate of drug-likeness (QED) is 0.413. The smallest absolute Gasteiger partial charge is 0.240 e. The van der Waals surface area contributed by atoms with Crippen molar-refractivity contribution in [2.45, 2.75) is 51.7 Å². The second-order valence-corrected chi connectivity index (χ2v) is 10.4. The van der Waals surface area contributed by atoms with Crippen LogP contribution in [0.5, 0.6) is 0 Å². The lowest BCUT2D eigenvalue weighted by Crippen LogP contribution is -2.35. The van der Waals surface area contributed by atoms with Crippen molar-refractivity contribution in [2.75, 3.05) is 18.4 Å². The van der Waals surface area contributed by atoms with Gasteiger partial charge >= 0.3 is 0 Å². The summed E-state index contributed by atoms with van der Waals surface area (Å²) in [5.74, 6) is 0.735. The third-order valence-corrected chi connectivity index (χ3v) is 6.75. The Labute approximate surface area is 204 Å². The molecular weight excluding hydrogens is 482 g/mol. The zero-order valence-electron chi connectivity index (χ0n) is 19.6. The predicted molar refractivity (Wildman–Crippen MR) is 128 cm³/mol. The summed E-state index contributed by atoms with van der Waals surface area (Å²) in [6.07, 6.45) is 4.95. The molecular formula is C21H28ClN7O4S. The van der Waals surface area contributed by atoms with Gasteiger partial charge in [0.2, 0.25) is 16.0 Å². The molecule has 11 nitrogen and oxygen atoms in total. The van der Waals surface area contributed by atoms with Crippen LogP contribution >= 0.6 is 11.6 Å². The molecule has 3 rings (SSSR count). The first-order chi connectivity index (χ1) is 16.1. The summed E-state index contributed by atoms with van der Waals surface area (Å²) in [4.78, 5) is 12.5. The maximum Gasteiger partial charge on any atom is 0.240 e. The number of anilines is 1. The van der Waals surface area contributed by atoms with Crippen LogP contribution in [0, 0.1) is 6.92 Å². The molecule has 2 atom stereocenters. The summed E-state index contributed by atoms with van der Waals surface area (Å²) in [5, 5.41) is 7.58. The summed E-state index contributed by atoms with van der Waals surface area (Å²) in [6, 6.07) is 1.89. The van der Waals surface area contributed by atoms with E-state index >= 15 is 0 Å². The fourth-order valence-electron chi connectivity index (χ4n) is 3.19. The number of pyridine rings is 1. The van der Waals surface area contributed by atoms with Crippen molar-refractivity contribution in [3.8, 4) is 11.4 Å². The van der Waals surface area contributed by atoms with Gasteiger partial charge in [-0.2, -0.15) is 0 Å². The van der Waals surface area contributed by atoms with Crippen LogP contribution in [0.2, 0.25) is 5.02 Å². The summed E-state index contributed by atoms with van der Waals surface area (Å²) in [7, 11) is -2.45. The van der Waals surface area contributed by atoms with E-state index in [4.69, 9.17) is 21.1 Å². The van der Waals surface area contributed by atoms with E-state index in [1.54, 1.807) is 37.9 Å². The number of sulfonamides is 1. The summed E-state index contributed by atoms with van der Waals surface area (Å²) in [5.41, 5.74) is 1.64. The molecule has 0 saturated carbocycles. The molecule has 0 radical (unpaired) electrons. The average Bonchev–Trinajstić information content (AvgIpc) is 3.17. The highest BCUT2D eigenvalue weighted by Crippen LogP contribution is 2.28. The molecule has 184 valence electrons. The molecule has 0 unspecified atom stereocenters. The molecule has 0 aromatic carbocycles. The molecule has 0 fully saturated rings. The summed E-state index contributed by atoms with van der Waals surface area (Å²) < 4.78 is 42.1. The minimum atomic E-state index is -4.01. The van der Waals surface area contributed by atoms with Crippen LogP contribution in [0.3, 0.4) is 0 Å². The van der Waals surface area contributed by atoms with Crippen LogP contribution in [-0.2, 0) is 26.0 Å². The van der Waals surface area contributed by atoms with Gasteiger partial charge in [0, 0.05) is 37.5 Å². The molecule has 0 spiro atoms. The monoisotopic (exact) mass is 509 g/mol. The Bertz CT molecular complexity index is 1200. The Morgan fingerprint density at radius 2 is 1.82 bits per heavy atom. The van der Waals surface area contributed by atoms with Gasteiger partial charge in [-0.3, -0.25) is 14.3 Å². The van der Waals surface area contributed by atoms with Crippen molar-refractivity contribution in [1.29, 1.82) is 0 Å². The van der Waals surface area contributed by atoms with Crippen molar-refractivity contribution in [1.82, 2.24) is 29.7 Å². The van der Waals surface area contributed by atoms with Gasteiger partial charge in [0.25, 0.3) is 0 Å². The van der Waals surface area contributed by atoms with Crippen LogP contribution in [0.4, 0.5) is 5.95 Å². The summed E-state index contributed by atoms with van der Waals surface area (Å²) >= 11 is 5.89. The van der Waals surface area contributed by atoms with Gasteiger partial charge < -0.3 is 9.47 Å². The number of nitrogens with zero attached hydrogens (tertiary/aromatic N) is 6. The lowest BCUT2D eigenvalue weighted by molar-refractivity contribution is 0.00154. The molecule has 13 heteroatoms. The van der Waals surface area contributed by atoms with E-state index in [1.807, 2.05) is 13.0 Å². The van der Waals surface area contributed by atoms with Crippen LogP contribution in [0.25, 0.3) is 11.4 Å². The number of nitrogens with one attached hydrogen (secondary N) is 1. The van der Waals surface area contributed by atoms with Crippen LogP contribution in [0.15, 0.2) is 30.9 Å². The van der Waals surface area contributed by atoms with Crippen LogP contribution < -0.4 is 4.72 Å². The molecule has 3 heterocycles. The number of aromatic nitrogens is 6. The van der Waals surface area contributed by atoms with Gasteiger partial charge in [0.15, 0.2) is 11.6 Å². The number of rotatable bonds is 11. The minimum Gasteiger partial charge on any atom is -0.383 e. The van der Waals surface area contributed by atoms with Crippen LogP contribution in [-0.4, -0.2) is 63.2 Å². The molecule has 0 amide bonds. The first-order valence-electron chi connectivity index (χ1n) is 10.6. The van der Waals surface area contributed by atoms with E-state index in [0.29, 0.717) is 29.6 Å². The molecule has 0 aliphatic rings. The van der Waals surface area contributed by atoms with Crippen molar-refractivity contribution >= 4 is 27.6 Å². The van der Waals surface area contributed by atoms with Gasteiger partial charge in [0.1, 0.15) is 11.4 Å². The first kappa shape index (κ1) is 25.9. The average molecular weight is 510 g/mol. The van der Waals surface area contributed by atoms with Crippen molar-refractivity contribution in [3.63, 3.8) is 0 Å². The van der Waals surface area contributed by atoms with Crippen molar-refractivity contribution in [2.24, 2.45) is 0 Å². The number of halogens is 1. The van der Waals surface area contributed by atoms with E-state index in [2.05, 4.69) is 29.9 Å². The normalized spacial score (nSPS) is 13.7. The highest BCUT2D eigenvalue weighted by atomic mass is 35.5. The Balaban J connectivity index is 1.95. The van der Waals surface area contributed by atoms with E-state index < -0.39 is 21.4 Å². The lowest BCUT2D eigenvalue weighted by Gasteiger charge is -2.25. The Kier molecular flexibility index (Phi) is 8.52. The van der Waals surface area contributed by atoms with Gasteiger partial charge in [-0.15, -0.1) is 10.2 Å². The fraction of sp³-hybridized carbons (Fsp3) is 0.476. The zero-order chi connectivity index (χ0) is 24.9. The van der Waals surface area contributed by atoms with Gasteiger partial charge in [0.05, 0.1) is 24.3 Å². The Hall–Kier alpha value is -2.67. The Morgan fingerprint density at radius 3 is 2.44 bits per heavy atom. The van der Waals surface area contributed by atoms with E-state index in [1.165, 1.54) is 19.3 Å². The maximum absolute atomic E-state index is 13.4. The lowest BCUT2D eigenvalue weighted by atomic mass is 10.2.